The van der Waals surface area contributed by atoms with Gasteiger partial charge in [-0.05, 0) is 50.3 Å². The van der Waals surface area contributed by atoms with E-state index in [-0.39, 0.29) is 0 Å². The van der Waals surface area contributed by atoms with Gasteiger partial charge >= 0.3 is 0 Å². The molecule has 1 aromatic carbocycles. The molecule has 128 valence electrons. The number of anilines is 3. The zero-order valence-corrected chi connectivity index (χ0v) is 15.0. The van der Waals surface area contributed by atoms with E-state index in [1.807, 2.05) is 25.1 Å². The van der Waals surface area contributed by atoms with Crippen LogP contribution < -0.4 is 15.0 Å². The average molecular weight is 326 g/mol. The Labute approximate surface area is 144 Å². The second-order valence-electron chi connectivity index (χ2n) is 6.69. The number of nitrogens with one attached hydrogen (secondary N) is 1. The van der Waals surface area contributed by atoms with Crippen LogP contribution in [-0.4, -0.2) is 30.2 Å². The molecule has 0 amide bonds. The van der Waals surface area contributed by atoms with Crippen LogP contribution in [0.2, 0.25) is 0 Å². The van der Waals surface area contributed by atoms with Crippen LogP contribution >= 0.6 is 0 Å². The molecule has 1 N–H and O–H groups in total. The number of piperidine rings is 1. The quantitative estimate of drug-likeness (QED) is 0.917. The summed E-state index contributed by atoms with van der Waals surface area (Å²) in [5.41, 5.74) is 3.02. The highest BCUT2D eigenvalue weighted by atomic mass is 16.5. The standard InChI is InChI=1S/C19H26N4O/c1-13-7-9-23(10-8-13)18-12-15(3)20-19(22-18)21-16-11-14(2)5-6-17(16)24-4/h5-6,11-13H,7-10H2,1-4H3,(H,20,21,22). The second kappa shape index (κ2) is 7.07. The van der Waals surface area contributed by atoms with Crippen molar-refractivity contribution in [2.45, 2.75) is 33.6 Å². The lowest BCUT2D eigenvalue weighted by molar-refractivity contribution is 0.416. The fourth-order valence-corrected chi connectivity index (χ4v) is 3.05. The zero-order chi connectivity index (χ0) is 17.1. The molecule has 1 aliphatic rings. The van der Waals surface area contributed by atoms with Crippen LogP contribution in [0, 0.1) is 19.8 Å². The molecule has 1 aliphatic heterocycles. The van der Waals surface area contributed by atoms with Gasteiger partial charge < -0.3 is 15.0 Å². The summed E-state index contributed by atoms with van der Waals surface area (Å²) < 4.78 is 5.43. The van der Waals surface area contributed by atoms with Gasteiger partial charge in [0, 0.05) is 24.8 Å². The summed E-state index contributed by atoms with van der Waals surface area (Å²) in [6.45, 7) is 8.51. The first kappa shape index (κ1) is 16.6. The smallest absolute Gasteiger partial charge is 0.229 e. The van der Waals surface area contributed by atoms with E-state index in [2.05, 4.69) is 35.1 Å². The number of rotatable bonds is 4. The van der Waals surface area contributed by atoms with Gasteiger partial charge in [-0.15, -0.1) is 0 Å². The largest absolute Gasteiger partial charge is 0.495 e. The first-order valence-electron chi connectivity index (χ1n) is 8.57. The van der Waals surface area contributed by atoms with Crippen molar-refractivity contribution in [2.24, 2.45) is 5.92 Å². The van der Waals surface area contributed by atoms with Crippen LogP contribution in [0.3, 0.4) is 0 Å². The highest BCUT2D eigenvalue weighted by Crippen LogP contribution is 2.29. The van der Waals surface area contributed by atoms with Crippen molar-refractivity contribution in [2.75, 3.05) is 30.4 Å². The third-order valence-corrected chi connectivity index (χ3v) is 4.55. The van der Waals surface area contributed by atoms with Gasteiger partial charge in [0.2, 0.25) is 5.95 Å². The van der Waals surface area contributed by atoms with E-state index in [9.17, 15) is 0 Å². The Morgan fingerprint density at radius 1 is 1.12 bits per heavy atom. The second-order valence-corrected chi connectivity index (χ2v) is 6.69. The Morgan fingerprint density at radius 2 is 1.88 bits per heavy atom. The molecular weight excluding hydrogens is 300 g/mol. The van der Waals surface area contributed by atoms with Crippen LogP contribution in [0.4, 0.5) is 17.5 Å². The summed E-state index contributed by atoms with van der Waals surface area (Å²) in [7, 11) is 1.67. The van der Waals surface area contributed by atoms with Crippen LogP contribution in [0.1, 0.15) is 31.0 Å². The van der Waals surface area contributed by atoms with Gasteiger partial charge in [0.25, 0.3) is 0 Å². The van der Waals surface area contributed by atoms with Crippen molar-refractivity contribution in [1.82, 2.24) is 9.97 Å². The van der Waals surface area contributed by atoms with Crippen molar-refractivity contribution in [1.29, 1.82) is 0 Å². The van der Waals surface area contributed by atoms with Crippen LogP contribution in [0.15, 0.2) is 24.3 Å². The molecular formula is C19H26N4O. The maximum Gasteiger partial charge on any atom is 0.229 e. The molecule has 5 nitrogen and oxygen atoms in total. The minimum absolute atomic E-state index is 0.618. The molecule has 0 aliphatic carbocycles. The number of aryl methyl sites for hydroxylation is 2. The normalized spacial score (nSPS) is 15.4. The van der Waals surface area contributed by atoms with E-state index in [4.69, 9.17) is 9.72 Å². The van der Waals surface area contributed by atoms with E-state index in [0.29, 0.717) is 5.95 Å². The van der Waals surface area contributed by atoms with Gasteiger partial charge in [0.1, 0.15) is 11.6 Å². The molecule has 0 unspecified atom stereocenters. The summed E-state index contributed by atoms with van der Waals surface area (Å²) in [4.78, 5) is 11.6. The maximum atomic E-state index is 5.43. The number of aromatic nitrogens is 2. The van der Waals surface area contributed by atoms with Crippen molar-refractivity contribution in [3.05, 3.63) is 35.5 Å². The molecule has 0 saturated carbocycles. The minimum atomic E-state index is 0.618. The van der Waals surface area contributed by atoms with Gasteiger partial charge in [-0.1, -0.05) is 13.0 Å². The van der Waals surface area contributed by atoms with E-state index in [1.165, 1.54) is 12.8 Å². The number of benzene rings is 1. The average Bonchev–Trinajstić information content (AvgIpc) is 2.55. The molecule has 1 saturated heterocycles. The molecule has 5 heteroatoms. The molecule has 1 fully saturated rings. The zero-order valence-electron chi connectivity index (χ0n) is 15.0. The van der Waals surface area contributed by atoms with Gasteiger partial charge in [-0.3, -0.25) is 0 Å². The summed E-state index contributed by atoms with van der Waals surface area (Å²) in [5.74, 6) is 3.22. The lowest BCUT2D eigenvalue weighted by atomic mass is 9.99. The van der Waals surface area contributed by atoms with E-state index in [1.54, 1.807) is 7.11 Å². The lowest BCUT2D eigenvalue weighted by Crippen LogP contribution is -2.33. The monoisotopic (exact) mass is 326 g/mol. The predicted octanol–water partition coefficient (Wildman–Crippen LogP) is 4.08. The first-order valence-corrected chi connectivity index (χ1v) is 8.57. The third kappa shape index (κ3) is 3.78. The Balaban J connectivity index is 1.85. The fourth-order valence-electron chi connectivity index (χ4n) is 3.05. The molecule has 0 spiro atoms. The SMILES string of the molecule is COc1ccc(C)cc1Nc1nc(C)cc(N2CCC(C)CC2)n1. The van der Waals surface area contributed by atoms with Gasteiger partial charge in [0.15, 0.2) is 0 Å². The molecule has 24 heavy (non-hydrogen) atoms. The number of hydrogen-bond acceptors (Lipinski definition) is 5. The van der Waals surface area contributed by atoms with E-state index < -0.39 is 0 Å². The lowest BCUT2D eigenvalue weighted by Gasteiger charge is -2.31. The third-order valence-electron chi connectivity index (χ3n) is 4.55. The van der Waals surface area contributed by atoms with Gasteiger partial charge in [-0.25, -0.2) is 4.98 Å². The molecule has 2 aromatic rings. The topological polar surface area (TPSA) is 50.3 Å². The highest BCUT2D eigenvalue weighted by Gasteiger charge is 2.18. The first-order chi connectivity index (χ1) is 11.5. The predicted molar refractivity (Wildman–Crippen MR) is 98.4 cm³/mol. The summed E-state index contributed by atoms with van der Waals surface area (Å²) in [5, 5.41) is 3.32. The van der Waals surface area contributed by atoms with Gasteiger partial charge in [-0.2, -0.15) is 4.98 Å². The van der Waals surface area contributed by atoms with Gasteiger partial charge in [0.05, 0.1) is 12.8 Å². The summed E-state index contributed by atoms with van der Waals surface area (Å²) in [6, 6.07) is 8.10. The molecule has 1 aromatic heterocycles. The summed E-state index contributed by atoms with van der Waals surface area (Å²) >= 11 is 0. The number of hydrogen-bond donors (Lipinski definition) is 1. The Morgan fingerprint density at radius 3 is 2.58 bits per heavy atom. The molecule has 3 rings (SSSR count). The number of methoxy groups -OCH3 is 1. The van der Waals surface area contributed by atoms with Crippen molar-refractivity contribution in [3.8, 4) is 5.75 Å². The Hall–Kier alpha value is -2.30. The van der Waals surface area contributed by atoms with E-state index >= 15 is 0 Å². The van der Waals surface area contributed by atoms with Crippen LogP contribution in [0.5, 0.6) is 5.75 Å². The van der Waals surface area contributed by atoms with Crippen molar-refractivity contribution < 1.29 is 4.74 Å². The summed E-state index contributed by atoms with van der Waals surface area (Å²) in [6.07, 6.45) is 2.44. The highest BCUT2D eigenvalue weighted by molar-refractivity contribution is 5.64. The maximum absolute atomic E-state index is 5.43. The molecule has 0 bridgehead atoms. The van der Waals surface area contributed by atoms with Crippen LogP contribution in [-0.2, 0) is 0 Å². The molecule has 2 heterocycles. The number of nitrogens with zero attached hydrogens (tertiary/aromatic N) is 3. The Bertz CT molecular complexity index is 709. The fraction of sp³-hybridized carbons (Fsp3) is 0.474. The number of ether oxygens (including phenoxy) is 1. The Kier molecular flexibility index (Phi) is 4.88. The van der Waals surface area contributed by atoms with Crippen molar-refractivity contribution >= 4 is 17.5 Å². The molecule has 0 radical (unpaired) electrons. The molecule has 0 atom stereocenters. The van der Waals surface area contributed by atoms with Crippen LogP contribution in [0.25, 0.3) is 0 Å². The van der Waals surface area contributed by atoms with E-state index in [0.717, 1.165) is 47.5 Å². The minimum Gasteiger partial charge on any atom is -0.495 e. The van der Waals surface area contributed by atoms with Crippen molar-refractivity contribution in [3.63, 3.8) is 0 Å².